The molecule has 1 unspecified atom stereocenters. The molecule has 0 saturated heterocycles. The fourth-order valence-corrected chi connectivity index (χ4v) is 2.04. The summed E-state index contributed by atoms with van der Waals surface area (Å²) in [6.07, 6.45) is 0.600. The minimum Gasteiger partial charge on any atom is -0.480 e. The lowest BCUT2D eigenvalue weighted by Crippen LogP contribution is -2.44. The number of rotatable bonds is 6. The molecule has 0 spiro atoms. The van der Waals surface area contributed by atoms with Crippen LogP contribution in [0.3, 0.4) is 0 Å². The van der Waals surface area contributed by atoms with Crippen LogP contribution in [-0.2, 0) is 11.3 Å². The third kappa shape index (κ3) is 3.74. The molecule has 18 heavy (non-hydrogen) atoms. The van der Waals surface area contributed by atoms with Crippen molar-refractivity contribution in [2.24, 2.45) is 0 Å². The number of carboxylic acids is 1. The zero-order valence-electron chi connectivity index (χ0n) is 11.3. The smallest absolute Gasteiger partial charge is 0.320 e. The first-order chi connectivity index (χ1) is 8.45. The monoisotopic (exact) mass is 250 g/mol. The van der Waals surface area contributed by atoms with E-state index in [0.717, 1.165) is 11.3 Å². The lowest BCUT2D eigenvalue weighted by molar-refractivity contribution is -0.144. The normalized spacial score (nSPS) is 12.9. The van der Waals surface area contributed by atoms with Gasteiger partial charge in [-0.05, 0) is 38.0 Å². The van der Waals surface area contributed by atoms with Crippen LogP contribution in [0.2, 0.25) is 0 Å². The van der Waals surface area contributed by atoms with Gasteiger partial charge in [-0.2, -0.15) is 0 Å². The van der Waals surface area contributed by atoms with Gasteiger partial charge in [0.15, 0.2) is 0 Å². The molecule has 0 fully saturated rings. The van der Waals surface area contributed by atoms with Crippen molar-refractivity contribution in [2.45, 2.75) is 45.8 Å². The Morgan fingerprint density at radius 1 is 1.33 bits per heavy atom. The lowest BCUT2D eigenvalue weighted by Gasteiger charge is -2.31. The quantitative estimate of drug-likeness (QED) is 0.760. The van der Waals surface area contributed by atoms with Crippen LogP contribution in [0.15, 0.2) is 24.3 Å². The van der Waals surface area contributed by atoms with Crippen molar-refractivity contribution in [2.75, 3.05) is 5.73 Å². The van der Waals surface area contributed by atoms with Crippen LogP contribution in [0.1, 0.15) is 32.8 Å². The molecule has 0 bridgehead atoms. The van der Waals surface area contributed by atoms with Gasteiger partial charge in [0, 0.05) is 18.3 Å². The first-order valence-electron chi connectivity index (χ1n) is 6.28. The van der Waals surface area contributed by atoms with Gasteiger partial charge in [-0.15, -0.1) is 0 Å². The zero-order valence-corrected chi connectivity index (χ0v) is 11.3. The summed E-state index contributed by atoms with van der Waals surface area (Å²) in [7, 11) is 0. The highest BCUT2D eigenvalue weighted by Gasteiger charge is 2.25. The Kier molecular flexibility index (Phi) is 5.16. The number of nitrogens with zero attached hydrogens (tertiary/aromatic N) is 1. The molecule has 0 aromatic heterocycles. The standard InChI is InChI=1S/C14H22N2O2/c1-4-13(14(17)18)16(10(2)3)9-11-5-7-12(15)8-6-11/h5-8,10,13H,4,9,15H2,1-3H3,(H,17,18). The Labute approximate surface area is 108 Å². The number of hydrogen-bond acceptors (Lipinski definition) is 3. The second kappa shape index (κ2) is 6.40. The van der Waals surface area contributed by atoms with Crippen LogP contribution >= 0.6 is 0 Å². The number of nitrogens with two attached hydrogens (primary N) is 1. The Morgan fingerprint density at radius 2 is 1.89 bits per heavy atom. The Hall–Kier alpha value is -1.55. The van der Waals surface area contributed by atoms with Gasteiger partial charge >= 0.3 is 5.97 Å². The van der Waals surface area contributed by atoms with Gasteiger partial charge in [0.2, 0.25) is 0 Å². The fraction of sp³-hybridized carbons (Fsp3) is 0.500. The first kappa shape index (κ1) is 14.5. The van der Waals surface area contributed by atoms with E-state index in [1.807, 2.05) is 49.9 Å². The maximum atomic E-state index is 11.3. The summed E-state index contributed by atoms with van der Waals surface area (Å²) >= 11 is 0. The van der Waals surface area contributed by atoms with Crippen LogP contribution in [-0.4, -0.2) is 28.1 Å². The summed E-state index contributed by atoms with van der Waals surface area (Å²) < 4.78 is 0. The molecule has 0 aliphatic heterocycles. The third-order valence-corrected chi connectivity index (χ3v) is 3.08. The van der Waals surface area contributed by atoms with Gasteiger partial charge in [0.1, 0.15) is 6.04 Å². The van der Waals surface area contributed by atoms with Crippen molar-refractivity contribution in [3.05, 3.63) is 29.8 Å². The minimum atomic E-state index is -0.762. The predicted molar refractivity (Wildman–Crippen MR) is 73.2 cm³/mol. The summed E-state index contributed by atoms with van der Waals surface area (Å²) in [6, 6.07) is 7.31. The van der Waals surface area contributed by atoms with Crippen LogP contribution in [0.5, 0.6) is 0 Å². The van der Waals surface area contributed by atoms with E-state index in [0.29, 0.717) is 13.0 Å². The van der Waals surface area contributed by atoms with E-state index in [4.69, 9.17) is 5.73 Å². The molecule has 0 heterocycles. The SMILES string of the molecule is CCC(C(=O)O)N(Cc1ccc(N)cc1)C(C)C. The summed E-state index contributed by atoms with van der Waals surface area (Å²) in [5, 5.41) is 9.25. The molecule has 1 aromatic rings. The number of carboxylic acid groups (broad SMARTS) is 1. The van der Waals surface area contributed by atoms with Gasteiger partial charge in [-0.3, -0.25) is 9.69 Å². The molecule has 4 nitrogen and oxygen atoms in total. The topological polar surface area (TPSA) is 66.6 Å². The van der Waals surface area contributed by atoms with Gasteiger partial charge in [-0.1, -0.05) is 19.1 Å². The van der Waals surface area contributed by atoms with Crippen LogP contribution in [0.4, 0.5) is 5.69 Å². The molecule has 100 valence electrons. The molecule has 1 rings (SSSR count). The number of carbonyl (C=O) groups is 1. The van der Waals surface area contributed by atoms with Crippen molar-refractivity contribution in [1.82, 2.24) is 4.90 Å². The second-order valence-electron chi connectivity index (χ2n) is 4.77. The molecule has 4 heteroatoms. The molecular weight excluding hydrogens is 228 g/mol. The minimum absolute atomic E-state index is 0.184. The van der Waals surface area contributed by atoms with E-state index in [1.54, 1.807) is 0 Å². The first-order valence-corrected chi connectivity index (χ1v) is 6.28. The highest BCUT2D eigenvalue weighted by Crippen LogP contribution is 2.16. The fourth-order valence-electron chi connectivity index (χ4n) is 2.04. The average Bonchev–Trinajstić information content (AvgIpc) is 2.30. The Balaban J connectivity index is 2.86. The molecule has 0 amide bonds. The number of nitrogen functional groups attached to an aromatic ring is 1. The summed E-state index contributed by atoms with van der Waals surface area (Å²) in [6.45, 7) is 6.56. The molecule has 1 atom stereocenters. The van der Waals surface area contributed by atoms with Crippen molar-refractivity contribution >= 4 is 11.7 Å². The lowest BCUT2D eigenvalue weighted by atomic mass is 10.1. The molecule has 3 N–H and O–H groups in total. The van der Waals surface area contributed by atoms with E-state index >= 15 is 0 Å². The third-order valence-electron chi connectivity index (χ3n) is 3.08. The number of hydrogen-bond donors (Lipinski definition) is 2. The van der Waals surface area contributed by atoms with E-state index < -0.39 is 12.0 Å². The van der Waals surface area contributed by atoms with Gasteiger partial charge in [0.25, 0.3) is 0 Å². The second-order valence-corrected chi connectivity index (χ2v) is 4.77. The largest absolute Gasteiger partial charge is 0.480 e. The van der Waals surface area contributed by atoms with Crippen molar-refractivity contribution in [3.8, 4) is 0 Å². The number of anilines is 1. The molecular formula is C14H22N2O2. The van der Waals surface area contributed by atoms with E-state index in [2.05, 4.69) is 0 Å². The highest BCUT2D eigenvalue weighted by molar-refractivity contribution is 5.73. The van der Waals surface area contributed by atoms with Crippen LogP contribution < -0.4 is 5.73 Å². The average molecular weight is 250 g/mol. The van der Waals surface area contributed by atoms with Crippen molar-refractivity contribution < 1.29 is 9.90 Å². The molecule has 0 aliphatic carbocycles. The molecule has 0 aliphatic rings. The van der Waals surface area contributed by atoms with Crippen LogP contribution in [0, 0.1) is 0 Å². The van der Waals surface area contributed by atoms with Gasteiger partial charge in [0.05, 0.1) is 0 Å². The van der Waals surface area contributed by atoms with Crippen LogP contribution in [0.25, 0.3) is 0 Å². The van der Waals surface area contributed by atoms with Crippen molar-refractivity contribution in [3.63, 3.8) is 0 Å². The summed E-state index contributed by atoms with van der Waals surface area (Å²) in [4.78, 5) is 13.3. The molecule has 0 radical (unpaired) electrons. The Morgan fingerprint density at radius 3 is 2.28 bits per heavy atom. The number of benzene rings is 1. The van der Waals surface area contributed by atoms with Crippen molar-refractivity contribution in [1.29, 1.82) is 0 Å². The predicted octanol–water partition coefficient (Wildman–Crippen LogP) is 2.34. The van der Waals surface area contributed by atoms with E-state index in [-0.39, 0.29) is 6.04 Å². The summed E-state index contributed by atoms with van der Waals surface area (Å²) in [5.41, 5.74) is 7.45. The summed E-state index contributed by atoms with van der Waals surface area (Å²) in [5.74, 6) is -0.762. The molecule has 1 aromatic carbocycles. The zero-order chi connectivity index (χ0) is 13.7. The van der Waals surface area contributed by atoms with E-state index in [1.165, 1.54) is 0 Å². The van der Waals surface area contributed by atoms with Gasteiger partial charge in [-0.25, -0.2) is 0 Å². The maximum absolute atomic E-state index is 11.3. The highest BCUT2D eigenvalue weighted by atomic mass is 16.4. The maximum Gasteiger partial charge on any atom is 0.320 e. The Bertz CT molecular complexity index is 387. The molecule has 0 saturated carbocycles. The number of aliphatic carboxylic acids is 1. The van der Waals surface area contributed by atoms with E-state index in [9.17, 15) is 9.90 Å². The van der Waals surface area contributed by atoms with Gasteiger partial charge < -0.3 is 10.8 Å².